The Bertz CT molecular complexity index is 815. The number of para-hydroxylation sites is 1. The van der Waals surface area contributed by atoms with Crippen molar-refractivity contribution in [1.29, 1.82) is 0 Å². The van der Waals surface area contributed by atoms with Crippen LogP contribution in [0.25, 0.3) is 0 Å². The average Bonchev–Trinajstić information content (AvgIpc) is 2.68. The van der Waals surface area contributed by atoms with E-state index in [4.69, 9.17) is 11.6 Å². The molecule has 27 heavy (non-hydrogen) atoms. The van der Waals surface area contributed by atoms with E-state index < -0.39 is 0 Å². The van der Waals surface area contributed by atoms with Gasteiger partial charge in [0.1, 0.15) is 6.54 Å². The summed E-state index contributed by atoms with van der Waals surface area (Å²) in [6.07, 6.45) is 2.52. The number of nitrogens with zero attached hydrogens (tertiary/aromatic N) is 3. The van der Waals surface area contributed by atoms with Gasteiger partial charge in [-0.15, -0.1) is 0 Å². The van der Waals surface area contributed by atoms with Crippen molar-refractivity contribution in [3.05, 3.63) is 64.0 Å². The van der Waals surface area contributed by atoms with E-state index >= 15 is 0 Å². The predicted molar refractivity (Wildman–Crippen MR) is 108 cm³/mol. The van der Waals surface area contributed by atoms with Crippen LogP contribution >= 0.6 is 11.6 Å². The summed E-state index contributed by atoms with van der Waals surface area (Å²) in [4.78, 5) is 28.3. The maximum atomic E-state index is 11.9. The van der Waals surface area contributed by atoms with Crippen molar-refractivity contribution in [2.24, 2.45) is 0 Å². The molecule has 0 saturated carbocycles. The number of anilines is 1. The van der Waals surface area contributed by atoms with Crippen LogP contribution in [0.1, 0.15) is 6.42 Å². The second-order valence-electron chi connectivity index (χ2n) is 6.65. The fraction of sp³-hybridized carbons (Fsp3) is 0.400. The van der Waals surface area contributed by atoms with Crippen LogP contribution in [0.15, 0.2) is 53.5 Å². The third-order valence-corrected chi connectivity index (χ3v) is 5.07. The summed E-state index contributed by atoms with van der Waals surface area (Å²) in [7, 11) is 0. The number of benzene rings is 1. The van der Waals surface area contributed by atoms with Crippen LogP contribution in [0.4, 0.5) is 5.69 Å². The van der Waals surface area contributed by atoms with E-state index in [0.717, 1.165) is 49.9 Å². The molecule has 3 rings (SSSR count). The second-order valence-corrected chi connectivity index (χ2v) is 7.06. The molecule has 1 aromatic carbocycles. The van der Waals surface area contributed by atoms with Gasteiger partial charge in [-0.3, -0.25) is 14.5 Å². The smallest absolute Gasteiger partial charge is 0.250 e. The topological polar surface area (TPSA) is 57.6 Å². The number of nitrogens with one attached hydrogen (secondary N) is 1. The van der Waals surface area contributed by atoms with Gasteiger partial charge in [-0.2, -0.15) is 0 Å². The third kappa shape index (κ3) is 5.58. The zero-order valence-electron chi connectivity index (χ0n) is 15.3. The van der Waals surface area contributed by atoms with Crippen molar-refractivity contribution in [2.75, 3.05) is 44.2 Å². The lowest BCUT2D eigenvalue weighted by Gasteiger charge is -2.36. The summed E-state index contributed by atoms with van der Waals surface area (Å²) >= 11 is 6.28. The van der Waals surface area contributed by atoms with Crippen LogP contribution in [0.5, 0.6) is 0 Å². The molecule has 1 N–H and O–H groups in total. The number of carbonyl (C=O) groups excluding carboxylic acids is 1. The predicted octanol–water partition coefficient (Wildman–Crippen LogP) is 1.83. The molecule has 1 aliphatic rings. The van der Waals surface area contributed by atoms with Gasteiger partial charge in [0.2, 0.25) is 5.91 Å². The highest BCUT2D eigenvalue weighted by Gasteiger charge is 2.18. The zero-order valence-corrected chi connectivity index (χ0v) is 16.1. The molecule has 6 nitrogen and oxygen atoms in total. The fourth-order valence-electron chi connectivity index (χ4n) is 3.25. The highest BCUT2D eigenvalue weighted by atomic mass is 35.5. The molecule has 0 aliphatic carbocycles. The summed E-state index contributed by atoms with van der Waals surface area (Å²) in [5.74, 6) is -0.133. The van der Waals surface area contributed by atoms with E-state index in [1.54, 1.807) is 18.3 Å². The normalized spacial score (nSPS) is 14.9. The fourth-order valence-corrected chi connectivity index (χ4v) is 3.51. The SMILES string of the molecule is O=C(Cn1ccccc1=O)NCCCN1CCN(c2ccccc2Cl)CC1. The van der Waals surface area contributed by atoms with Crippen molar-refractivity contribution in [3.63, 3.8) is 0 Å². The van der Waals surface area contributed by atoms with Gasteiger partial charge in [-0.1, -0.05) is 29.8 Å². The molecule has 2 aromatic rings. The summed E-state index contributed by atoms with van der Waals surface area (Å²) in [6.45, 7) is 5.50. The Balaban J connectivity index is 1.34. The van der Waals surface area contributed by atoms with E-state index in [2.05, 4.69) is 21.2 Å². The number of pyridine rings is 1. The Morgan fingerprint density at radius 3 is 2.52 bits per heavy atom. The average molecular weight is 389 g/mol. The maximum absolute atomic E-state index is 11.9. The molecule has 1 aliphatic heterocycles. The number of hydrogen-bond donors (Lipinski definition) is 1. The van der Waals surface area contributed by atoms with Crippen molar-refractivity contribution < 1.29 is 4.79 Å². The largest absolute Gasteiger partial charge is 0.368 e. The minimum Gasteiger partial charge on any atom is -0.368 e. The van der Waals surface area contributed by atoms with E-state index in [0.29, 0.717) is 6.54 Å². The quantitative estimate of drug-likeness (QED) is 0.735. The number of halogens is 1. The van der Waals surface area contributed by atoms with Crippen LogP contribution in [0, 0.1) is 0 Å². The first-order valence-electron chi connectivity index (χ1n) is 9.27. The molecule has 1 aromatic heterocycles. The van der Waals surface area contributed by atoms with Crippen molar-refractivity contribution >= 4 is 23.2 Å². The second kappa shape index (κ2) is 9.58. The molecule has 0 bridgehead atoms. The highest BCUT2D eigenvalue weighted by molar-refractivity contribution is 6.33. The number of amides is 1. The van der Waals surface area contributed by atoms with Gasteiger partial charge in [-0.25, -0.2) is 0 Å². The van der Waals surface area contributed by atoms with Gasteiger partial charge < -0.3 is 14.8 Å². The maximum Gasteiger partial charge on any atom is 0.250 e. The Kier molecular flexibility index (Phi) is 6.90. The summed E-state index contributed by atoms with van der Waals surface area (Å²) < 4.78 is 1.41. The molecule has 0 unspecified atom stereocenters. The van der Waals surface area contributed by atoms with Gasteiger partial charge >= 0.3 is 0 Å². The molecule has 0 spiro atoms. The van der Waals surface area contributed by atoms with Gasteiger partial charge in [0.25, 0.3) is 5.56 Å². The van der Waals surface area contributed by atoms with Crippen LogP contribution in [0.3, 0.4) is 0 Å². The third-order valence-electron chi connectivity index (χ3n) is 4.75. The van der Waals surface area contributed by atoms with Crippen molar-refractivity contribution in [1.82, 2.24) is 14.8 Å². The molecule has 0 atom stereocenters. The van der Waals surface area contributed by atoms with Crippen molar-refractivity contribution in [3.8, 4) is 0 Å². The molecule has 1 saturated heterocycles. The Hall–Kier alpha value is -2.31. The monoisotopic (exact) mass is 388 g/mol. The zero-order chi connectivity index (χ0) is 19.1. The first kappa shape index (κ1) is 19.5. The van der Waals surface area contributed by atoms with E-state index in [1.165, 1.54) is 10.6 Å². The molecule has 7 heteroatoms. The first-order chi connectivity index (χ1) is 13.1. The van der Waals surface area contributed by atoms with Gasteiger partial charge in [-0.05, 0) is 31.2 Å². The summed E-state index contributed by atoms with van der Waals surface area (Å²) in [6, 6.07) is 12.8. The van der Waals surface area contributed by atoms with Crippen LogP contribution in [-0.4, -0.2) is 54.6 Å². The molecule has 0 radical (unpaired) electrons. The number of piperazine rings is 1. The summed E-state index contributed by atoms with van der Waals surface area (Å²) in [5.41, 5.74) is 0.936. The van der Waals surface area contributed by atoms with E-state index in [9.17, 15) is 9.59 Å². The minimum absolute atomic E-state index is 0.0657. The molecule has 1 fully saturated rings. The lowest BCUT2D eigenvalue weighted by Crippen LogP contribution is -2.47. The van der Waals surface area contributed by atoms with Gasteiger partial charge in [0.15, 0.2) is 0 Å². The van der Waals surface area contributed by atoms with Crippen LogP contribution in [0.2, 0.25) is 5.02 Å². The first-order valence-corrected chi connectivity index (χ1v) is 9.65. The van der Waals surface area contributed by atoms with Gasteiger partial charge in [0, 0.05) is 45.0 Å². The Morgan fingerprint density at radius 2 is 1.78 bits per heavy atom. The molecule has 144 valence electrons. The molecule has 1 amide bonds. The molecule has 2 heterocycles. The number of carbonyl (C=O) groups is 1. The number of rotatable bonds is 7. The number of hydrogen-bond acceptors (Lipinski definition) is 4. The van der Waals surface area contributed by atoms with E-state index in [-0.39, 0.29) is 18.0 Å². The van der Waals surface area contributed by atoms with Crippen molar-refractivity contribution in [2.45, 2.75) is 13.0 Å². The van der Waals surface area contributed by atoms with Crippen LogP contribution in [-0.2, 0) is 11.3 Å². The lowest BCUT2D eigenvalue weighted by molar-refractivity contribution is -0.121. The van der Waals surface area contributed by atoms with Gasteiger partial charge in [0.05, 0.1) is 10.7 Å². The molecular formula is C20H25ClN4O2. The lowest BCUT2D eigenvalue weighted by atomic mass is 10.2. The highest BCUT2D eigenvalue weighted by Crippen LogP contribution is 2.25. The van der Waals surface area contributed by atoms with Crippen LogP contribution < -0.4 is 15.8 Å². The standard InChI is InChI=1S/C20H25ClN4O2/c21-17-6-1-2-7-18(17)24-14-12-23(13-15-24)10-5-9-22-19(26)16-25-11-4-3-8-20(25)27/h1-4,6-8,11H,5,9-10,12-16H2,(H,22,26). The Morgan fingerprint density at radius 1 is 1.04 bits per heavy atom. The Labute approximate surface area is 164 Å². The number of aromatic nitrogens is 1. The van der Waals surface area contributed by atoms with E-state index in [1.807, 2.05) is 18.2 Å². The summed E-state index contributed by atoms with van der Waals surface area (Å²) in [5, 5.41) is 3.68. The molecular weight excluding hydrogens is 364 g/mol. The minimum atomic E-state index is -0.163.